The van der Waals surface area contributed by atoms with Gasteiger partial charge in [0.25, 0.3) is 0 Å². The molecule has 1 saturated carbocycles. The van der Waals surface area contributed by atoms with Gasteiger partial charge in [-0.05, 0) is 52.4 Å². The molecule has 1 unspecified atom stereocenters. The second-order valence-corrected chi connectivity index (χ2v) is 4.85. The third-order valence-corrected chi connectivity index (χ3v) is 3.91. The van der Waals surface area contributed by atoms with Gasteiger partial charge in [0.05, 0.1) is 0 Å². The summed E-state index contributed by atoms with van der Waals surface area (Å²) in [6.07, 6.45) is 5.92. The van der Waals surface area contributed by atoms with Crippen LogP contribution < -0.4 is 0 Å². The first-order chi connectivity index (χ1) is 5.70. The first kappa shape index (κ1) is 8.55. The molecule has 3 aliphatic rings. The van der Waals surface area contributed by atoms with E-state index in [4.69, 9.17) is 0 Å². The molecule has 2 heterocycles. The molecular formula is C11H21N. The Balaban J connectivity index is 2.12. The largest absolute Gasteiger partial charge is 0.295 e. The molecule has 0 spiro atoms. The number of fused-ring (bicyclic) bond motifs is 3. The lowest BCUT2D eigenvalue weighted by molar-refractivity contribution is -0.0249. The van der Waals surface area contributed by atoms with Gasteiger partial charge in [0.15, 0.2) is 0 Å². The Kier molecular flexibility index (Phi) is 2.16. The van der Waals surface area contributed by atoms with Gasteiger partial charge in [-0.15, -0.1) is 0 Å². The SMILES string of the molecule is CC(C)N1C2CCC(CC2)C1C. The van der Waals surface area contributed by atoms with Crippen LogP contribution in [0.1, 0.15) is 46.5 Å². The topological polar surface area (TPSA) is 3.24 Å². The first-order valence-corrected chi connectivity index (χ1v) is 5.47. The van der Waals surface area contributed by atoms with Crippen molar-refractivity contribution in [1.82, 2.24) is 4.90 Å². The number of hydrogen-bond acceptors (Lipinski definition) is 1. The van der Waals surface area contributed by atoms with Crippen molar-refractivity contribution in [2.75, 3.05) is 0 Å². The highest BCUT2D eigenvalue weighted by Crippen LogP contribution is 2.40. The summed E-state index contributed by atoms with van der Waals surface area (Å²) in [7, 11) is 0. The molecule has 70 valence electrons. The summed E-state index contributed by atoms with van der Waals surface area (Å²) in [5.74, 6) is 1.01. The van der Waals surface area contributed by atoms with Gasteiger partial charge < -0.3 is 0 Å². The fourth-order valence-electron chi connectivity index (χ4n) is 3.35. The summed E-state index contributed by atoms with van der Waals surface area (Å²) in [6, 6.07) is 2.54. The Labute approximate surface area is 76.1 Å². The van der Waals surface area contributed by atoms with Crippen LogP contribution in [0.2, 0.25) is 0 Å². The smallest absolute Gasteiger partial charge is 0.0101 e. The number of hydrogen-bond donors (Lipinski definition) is 0. The predicted molar refractivity (Wildman–Crippen MR) is 52.2 cm³/mol. The standard InChI is InChI=1S/C11H21N/c1-8(2)12-9(3)10-4-6-11(12)7-5-10/h8-11H,4-7H2,1-3H3. The molecule has 1 atom stereocenters. The van der Waals surface area contributed by atoms with E-state index in [0.29, 0.717) is 0 Å². The van der Waals surface area contributed by atoms with Crippen LogP contribution in [0, 0.1) is 5.92 Å². The van der Waals surface area contributed by atoms with E-state index < -0.39 is 0 Å². The highest BCUT2D eigenvalue weighted by Gasteiger charge is 2.39. The van der Waals surface area contributed by atoms with Crippen molar-refractivity contribution in [2.45, 2.75) is 64.6 Å². The van der Waals surface area contributed by atoms with Crippen LogP contribution in [-0.4, -0.2) is 23.0 Å². The van der Waals surface area contributed by atoms with Gasteiger partial charge in [-0.3, -0.25) is 4.90 Å². The fourth-order valence-corrected chi connectivity index (χ4v) is 3.35. The Hall–Kier alpha value is -0.0400. The molecular weight excluding hydrogens is 146 g/mol. The molecule has 2 aliphatic heterocycles. The molecule has 3 rings (SSSR count). The van der Waals surface area contributed by atoms with Gasteiger partial charge in [0, 0.05) is 18.1 Å². The van der Waals surface area contributed by atoms with Gasteiger partial charge in [0.1, 0.15) is 0 Å². The van der Waals surface area contributed by atoms with Gasteiger partial charge >= 0.3 is 0 Å². The summed E-state index contributed by atoms with van der Waals surface area (Å²) < 4.78 is 0. The molecule has 0 radical (unpaired) electrons. The summed E-state index contributed by atoms with van der Waals surface area (Å²) in [4.78, 5) is 2.75. The minimum atomic E-state index is 0.758. The van der Waals surface area contributed by atoms with Crippen LogP contribution in [0.5, 0.6) is 0 Å². The van der Waals surface area contributed by atoms with E-state index >= 15 is 0 Å². The molecule has 1 nitrogen and oxygen atoms in total. The molecule has 2 bridgehead atoms. The van der Waals surface area contributed by atoms with Crippen LogP contribution in [0.25, 0.3) is 0 Å². The molecule has 2 saturated heterocycles. The average molecular weight is 167 g/mol. The Morgan fingerprint density at radius 1 is 1.08 bits per heavy atom. The van der Waals surface area contributed by atoms with Crippen molar-refractivity contribution >= 4 is 0 Å². The predicted octanol–water partition coefficient (Wildman–Crippen LogP) is 2.66. The lowest BCUT2D eigenvalue weighted by atomic mass is 9.74. The highest BCUT2D eigenvalue weighted by atomic mass is 15.2. The van der Waals surface area contributed by atoms with Crippen LogP contribution in [0.4, 0.5) is 0 Å². The molecule has 0 N–H and O–H groups in total. The van der Waals surface area contributed by atoms with E-state index in [1.165, 1.54) is 25.7 Å². The maximum Gasteiger partial charge on any atom is 0.0101 e. The zero-order chi connectivity index (χ0) is 8.72. The number of rotatable bonds is 1. The zero-order valence-electron chi connectivity index (χ0n) is 8.59. The molecule has 1 heteroatoms. The van der Waals surface area contributed by atoms with E-state index in [1.807, 2.05) is 0 Å². The van der Waals surface area contributed by atoms with Gasteiger partial charge in [-0.2, -0.15) is 0 Å². The molecule has 3 fully saturated rings. The molecule has 12 heavy (non-hydrogen) atoms. The second-order valence-electron chi connectivity index (χ2n) is 4.85. The second kappa shape index (κ2) is 3.02. The summed E-state index contributed by atoms with van der Waals surface area (Å²) in [6.45, 7) is 7.12. The Bertz CT molecular complexity index is 154. The monoisotopic (exact) mass is 167 g/mol. The van der Waals surface area contributed by atoms with Crippen LogP contribution in [0.15, 0.2) is 0 Å². The van der Waals surface area contributed by atoms with Crippen molar-refractivity contribution in [3.05, 3.63) is 0 Å². The Morgan fingerprint density at radius 3 is 2.00 bits per heavy atom. The van der Waals surface area contributed by atoms with Crippen molar-refractivity contribution in [2.24, 2.45) is 5.92 Å². The van der Waals surface area contributed by atoms with E-state index in [0.717, 1.165) is 24.0 Å². The minimum absolute atomic E-state index is 0.758. The zero-order valence-corrected chi connectivity index (χ0v) is 8.59. The van der Waals surface area contributed by atoms with Gasteiger partial charge in [-0.25, -0.2) is 0 Å². The summed E-state index contributed by atoms with van der Waals surface area (Å²) >= 11 is 0. The Morgan fingerprint density at radius 2 is 1.67 bits per heavy atom. The molecule has 1 aliphatic carbocycles. The maximum absolute atomic E-state index is 2.75. The summed E-state index contributed by atoms with van der Waals surface area (Å²) in [5.41, 5.74) is 0. The number of piperidine rings is 2. The third kappa shape index (κ3) is 1.19. The first-order valence-electron chi connectivity index (χ1n) is 5.47. The van der Waals surface area contributed by atoms with Crippen molar-refractivity contribution in [1.29, 1.82) is 0 Å². The van der Waals surface area contributed by atoms with E-state index in [1.54, 1.807) is 0 Å². The van der Waals surface area contributed by atoms with E-state index in [-0.39, 0.29) is 0 Å². The van der Waals surface area contributed by atoms with Gasteiger partial charge in [0.2, 0.25) is 0 Å². The normalized spacial score (nSPS) is 42.5. The average Bonchev–Trinajstić information content (AvgIpc) is 2.05. The lowest BCUT2D eigenvalue weighted by Crippen LogP contribution is -2.56. The lowest BCUT2D eigenvalue weighted by Gasteiger charge is -2.52. The third-order valence-electron chi connectivity index (χ3n) is 3.91. The van der Waals surface area contributed by atoms with Crippen molar-refractivity contribution in [3.8, 4) is 0 Å². The van der Waals surface area contributed by atoms with Crippen LogP contribution >= 0.6 is 0 Å². The van der Waals surface area contributed by atoms with Crippen molar-refractivity contribution < 1.29 is 0 Å². The van der Waals surface area contributed by atoms with Crippen LogP contribution in [0.3, 0.4) is 0 Å². The van der Waals surface area contributed by atoms with Gasteiger partial charge in [-0.1, -0.05) is 0 Å². The highest BCUT2D eigenvalue weighted by molar-refractivity contribution is 4.94. The molecule has 0 amide bonds. The van der Waals surface area contributed by atoms with E-state index in [2.05, 4.69) is 25.7 Å². The molecule has 0 aromatic carbocycles. The van der Waals surface area contributed by atoms with Crippen LogP contribution in [-0.2, 0) is 0 Å². The quantitative estimate of drug-likeness (QED) is 0.580. The fraction of sp³-hybridized carbons (Fsp3) is 1.00. The van der Waals surface area contributed by atoms with E-state index in [9.17, 15) is 0 Å². The maximum atomic E-state index is 2.75. The molecule has 0 aromatic heterocycles. The molecule has 0 aromatic rings. The summed E-state index contributed by atoms with van der Waals surface area (Å²) in [5, 5.41) is 0. The van der Waals surface area contributed by atoms with Crippen molar-refractivity contribution in [3.63, 3.8) is 0 Å². The minimum Gasteiger partial charge on any atom is -0.295 e. The number of nitrogens with zero attached hydrogens (tertiary/aromatic N) is 1.